The van der Waals surface area contributed by atoms with E-state index in [-0.39, 0.29) is 11.4 Å². The SMILES string of the molecule is COCCn1c(SCC(=O)Nc2ccccc2C(F)(F)F)nnc1-c1ccoc1C. The lowest BCUT2D eigenvalue weighted by Crippen LogP contribution is -2.18. The van der Waals surface area contributed by atoms with Gasteiger partial charge >= 0.3 is 6.18 Å². The highest BCUT2D eigenvalue weighted by Gasteiger charge is 2.33. The van der Waals surface area contributed by atoms with Crippen LogP contribution in [0.15, 0.2) is 46.2 Å². The van der Waals surface area contributed by atoms with E-state index in [1.165, 1.54) is 18.2 Å². The van der Waals surface area contributed by atoms with Crippen LogP contribution in [0.1, 0.15) is 11.3 Å². The van der Waals surface area contributed by atoms with Gasteiger partial charge in [-0.2, -0.15) is 13.2 Å². The molecule has 11 heteroatoms. The van der Waals surface area contributed by atoms with Gasteiger partial charge < -0.3 is 14.5 Å². The molecule has 0 atom stereocenters. The van der Waals surface area contributed by atoms with E-state index in [1.54, 1.807) is 30.9 Å². The predicted molar refractivity (Wildman–Crippen MR) is 105 cm³/mol. The van der Waals surface area contributed by atoms with E-state index in [2.05, 4.69) is 15.5 Å². The van der Waals surface area contributed by atoms with Crippen molar-refractivity contribution >= 4 is 23.4 Å². The van der Waals surface area contributed by atoms with E-state index in [9.17, 15) is 18.0 Å². The van der Waals surface area contributed by atoms with E-state index in [1.807, 2.05) is 0 Å². The number of benzene rings is 1. The molecular formula is C19H19F3N4O3S. The summed E-state index contributed by atoms with van der Waals surface area (Å²) < 4.78 is 51.5. The van der Waals surface area contributed by atoms with Crippen LogP contribution in [-0.2, 0) is 22.3 Å². The molecule has 0 bridgehead atoms. The zero-order chi connectivity index (χ0) is 21.7. The number of thioether (sulfide) groups is 1. The number of carbonyl (C=O) groups is 1. The van der Waals surface area contributed by atoms with Crippen LogP contribution in [0.3, 0.4) is 0 Å². The Balaban J connectivity index is 1.74. The van der Waals surface area contributed by atoms with Crippen molar-refractivity contribution in [3.05, 3.63) is 47.9 Å². The van der Waals surface area contributed by atoms with Gasteiger partial charge in [0.1, 0.15) is 5.76 Å². The summed E-state index contributed by atoms with van der Waals surface area (Å²) >= 11 is 1.07. The number of hydrogen-bond donors (Lipinski definition) is 1. The molecule has 7 nitrogen and oxygen atoms in total. The second-order valence-electron chi connectivity index (χ2n) is 6.22. The van der Waals surface area contributed by atoms with E-state index >= 15 is 0 Å². The Hall–Kier alpha value is -2.79. The normalized spacial score (nSPS) is 11.6. The quantitative estimate of drug-likeness (QED) is 0.528. The van der Waals surface area contributed by atoms with Gasteiger partial charge in [-0.3, -0.25) is 9.36 Å². The molecule has 0 aliphatic carbocycles. The number of rotatable bonds is 8. The third-order valence-electron chi connectivity index (χ3n) is 4.17. The van der Waals surface area contributed by atoms with Crippen LogP contribution >= 0.6 is 11.8 Å². The molecule has 0 saturated heterocycles. The number of carbonyl (C=O) groups excluding carboxylic acids is 1. The summed E-state index contributed by atoms with van der Waals surface area (Å²) in [4.78, 5) is 12.3. The number of aryl methyl sites for hydroxylation is 1. The average molecular weight is 440 g/mol. The maximum absolute atomic E-state index is 13.1. The second kappa shape index (κ2) is 9.35. The van der Waals surface area contributed by atoms with Gasteiger partial charge in [-0.1, -0.05) is 23.9 Å². The van der Waals surface area contributed by atoms with Gasteiger partial charge in [-0.05, 0) is 25.1 Å². The molecule has 0 aliphatic heterocycles. The fraction of sp³-hybridized carbons (Fsp3) is 0.316. The summed E-state index contributed by atoms with van der Waals surface area (Å²) in [6, 6.07) is 6.59. The summed E-state index contributed by atoms with van der Waals surface area (Å²) in [7, 11) is 1.56. The largest absolute Gasteiger partial charge is 0.469 e. The maximum atomic E-state index is 13.1. The van der Waals surface area contributed by atoms with E-state index in [0.717, 1.165) is 23.4 Å². The number of halogens is 3. The van der Waals surface area contributed by atoms with Crippen molar-refractivity contribution < 1.29 is 27.1 Å². The first-order chi connectivity index (χ1) is 14.3. The topological polar surface area (TPSA) is 82.2 Å². The lowest BCUT2D eigenvalue weighted by atomic mass is 10.1. The Bertz CT molecular complexity index is 1020. The number of methoxy groups -OCH3 is 1. The molecule has 2 heterocycles. The Kier molecular flexibility index (Phi) is 6.83. The lowest BCUT2D eigenvalue weighted by molar-refractivity contribution is -0.137. The number of hydrogen-bond acceptors (Lipinski definition) is 6. The summed E-state index contributed by atoms with van der Waals surface area (Å²) in [6.07, 6.45) is -3.02. The third kappa shape index (κ3) is 5.03. The van der Waals surface area contributed by atoms with Crippen molar-refractivity contribution in [3.8, 4) is 11.4 Å². The smallest absolute Gasteiger partial charge is 0.418 e. The minimum atomic E-state index is -4.56. The van der Waals surface area contributed by atoms with Crippen LogP contribution < -0.4 is 5.32 Å². The molecule has 1 aromatic carbocycles. The third-order valence-corrected chi connectivity index (χ3v) is 5.14. The Labute approximate surface area is 174 Å². The number of amides is 1. The monoisotopic (exact) mass is 440 g/mol. The van der Waals surface area contributed by atoms with Gasteiger partial charge in [0, 0.05) is 7.11 Å². The number of anilines is 1. The van der Waals surface area contributed by atoms with Crippen molar-refractivity contribution in [1.82, 2.24) is 14.8 Å². The standard InChI is InChI=1S/C19H19F3N4O3S/c1-12-13(7-9-29-12)17-24-25-18(26(17)8-10-28-2)30-11-16(27)23-15-6-4-3-5-14(15)19(20,21)22/h3-7,9H,8,10-11H2,1-2H3,(H,23,27). The van der Waals surface area contributed by atoms with E-state index in [0.29, 0.717) is 29.9 Å². The highest BCUT2D eigenvalue weighted by molar-refractivity contribution is 7.99. The number of ether oxygens (including phenoxy) is 1. The van der Waals surface area contributed by atoms with Gasteiger partial charge in [0.05, 0.1) is 42.0 Å². The van der Waals surface area contributed by atoms with Gasteiger partial charge in [0.15, 0.2) is 11.0 Å². The van der Waals surface area contributed by atoms with Crippen molar-refractivity contribution in [2.24, 2.45) is 0 Å². The van der Waals surface area contributed by atoms with Crippen molar-refractivity contribution in [2.45, 2.75) is 24.8 Å². The highest BCUT2D eigenvalue weighted by Crippen LogP contribution is 2.34. The number of furan rings is 1. The molecule has 160 valence electrons. The molecular weight excluding hydrogens is 421 g/mol. The van der Waals surface area contributed by atoms with Crippen LogP contribution in [0.4, 0.5) is 18.9 Å². The van der Waals surface area contributed by atoms with Crippen molar-refractivity contribution in [3.63, 3.8) is 0 Å². The summed E-state index contributed by atoms with van der Waals surface area (Å²) in [5, 5.41) is 11.1. The Morgan fingerprint density at radius 1 is 1.27 bits per heavy atom. The molecule has 0 spiro atoms. The predicted octanol–water partition coefficient (Wildman–Crippen LogP) is 4.24. The first-order valence-corrected chi connectivity index (χ1v) is 9.85. The fourth-order valence-electron chi connectivity index (χ4n) is 2.75. The van der Waals surface area contributed by atoms with Crippen molar-refractivity contribution in [1.29, 1.82) is 0 Å². The first kappa shape index (κ1) is 21.9. The molecule has 0 unspecified atom stereocenters. The van der Waals surface area contributed by atoms with E-state index < -0.39 is 17.6 Å². The van der Waals surface area contributed by atoms with Crippen molar-refractivity contribution in [2.75, 3.05) is 24.8 Å². The molecule has 3 rings (SSSR count). The lowest BCUT2D eigenvalue weighted by Gasteiger charge is -2.13. The van der Waals surface area contributed by atoms with Crippen LogP contribution in [0.2, 0.25) is 0 Å². The molecule has 1 amide bonds. The zero-order valence-corrected chi connectivity index (χ0v) is 17.0. The number of nitrogens with one attached hydrogen (secondary N) is 1. The highest BCUT2D eigenvalue weighted by atomic mass is 32.2. The molecule has 30 heavy (non-hydrogen) atoms. The first-order valence-electron chi connectivity index (χ1n) is 8.86. The number of aromatic nitrogens is 3. The molecule has 0 saturated carbocycles. The zero-order valence-electron chi connectivity index (χ0n) is 16.2. The number of alkyl halides is 3. The minimum Gasteiger partial charge on any atom is -0.469 e. The van der Waals surface area contributed by atoms with Crippen LogP contribution in [-0.4, -0.2) is 40.1 Å². The minimum absolute atomic E-state index is 0.137. The molecule has 0 aliphatic rings. The molecule has 1 N–H and O–H groups in total. The summed E-state index contributed by atoms with van der Waals surface area (Å²) in [5.74, 6) is 0.503. The van der Waals surface area contributed by atoms with Gasteiger partial charge in [0.2, 0.25) is 5.91 Å². The van der Waals surface area contributed by atoms with Crippen LogP contribution in [0.25, 0.3) is 11.4 Å². The molecule has 3 aromatic rings. The van der Waals surface area contributed by atoms with E-state index in [4.69, 9.17) is 9.15 Å². The molecule has 0 radical (unpaired) electrons. The molecule has 2 aromatic heterocycles. The van der Waals surface area contributed by atoms with Crippen LogP contribution in [0, 0.1) is 6.92 Å². The number of nitrogens with zero attached hydrogens (tertiary/aromatic N) is 3. The summed E-state index contributed by atoms with van der Waals surface area (Å²) in [5.41, 5.74) is -0.426. The van der Waals surface area contributed by atoms with Crippen LogP contribution in [0.5, 0.6) is 0 Å². The number of para-hydroxylation sites is 1. The Morgan fingerprint density at radius 3 is 2.70 bits per heavy atom. The maximum Gasteiger partial charge on any atom is 0.418 e. The second-order valence-corrected chi connectivity index (χ2v) is 7.16. The fourth-order valence-corrected chi connectivity index (χ4v) is 3.52. The summed E-state index contributed by atoms with van der Waals surface area (Å²) in [6.45, 7) is 2.62. The molecule has 0 fully saturated rings. The van der Waals surface area contributed by atoms with Gasteiger partial charge in [-0.15, -0.1) is 10.2 Å². The average Bonchev–Trinajstić information content (AvgIpc) is 3.29. The Morgan fingerprint density at radius 2 is 2.03 bits per heavy atom. The van der Waals surface area contributed by atoms with Gasteiger partial charge in [0.25, 0.3) is 0 Å². The van der Waals surface area contributed by atoms with Gasteiger partial charge in [-0.25, -0.2) is 0 Å².